The second-order valence-electron chi connectivity index (χ2n) is 5.56. The number of nitrogens with zero attached hydrogens (tertiary/aromatic N) is 4. The van der Waals surface area contributed by atoms with Gasteiger partial charge in [0.2, 0.25) is 0 Å². The molecule has 2 amide bonds. The Morgan fingerprint density at radius 3 is 2.59 bits per heavy atom. The van der Waals surface area contributed by atoms with Gasteiger partial charge in [-0.2, -0.15) is 0 Å². The third-order valence-corrected chi connectivity index (χ3v) is 4.23. The number of alkyl halides is 2. The summed E-state index contributed by atoms with van der Waals surface area (Å²) < 4.78 is 26.0. The van der Waals surface area contributed by atoms with Gasteiger partial charge < -0.3 is 15.1 Å². The molecule has 6 nitrogen and oxygen atoms in total. The minimum absolute atomic E-state index is 0.0162. The lowest BCUT2D eigenvalue weighted by Crippen LogP contribution is -2.54. The van der Waals surface area contributed by atoms with E-state index in [-0.39, 0.29) is 23.6 Å². The number of halogens is 2. The van der Waals surface area contributed by atoms with Crippen LogP contribution in [0, 0.1) is 0 Å². The molecule has 8 heteroatoms. The molecule has 3 rings (SSSR count). The summed E-state index contributed by atoms with van der Waals surface area (Å²) in [6, 6.07) is 0.153. The predicted octanol–water partition coefficient (Wildman–Crippen LogP) is 1.80. The Morgan fingerprint density at radius 1 is 1.18 bits per heavy atom. The maximum absolute atomic E-state index is 13.0. The molecule has 3 heterocycles. The summed E-state index contributed by atoms with van der Waals surface area (Å²) in [4.78, 5) is 23.4. The Kier molecular flexibility index (Phi) is 4.35. The van der Waals surface area contributed by atoms with Gasteiger partial charge >= 0.3 is 6.03 Å². The fourth-order valence-electron chi connectivity index (χ4n) is 3.12. The quantitative estimate of drug-likeness (QED) is 0.924. The number of piperidine rings is 1. The molecule has 1 aromatic heterocycles. The molecule has 0 unspecified atom stereocenters. The smallest absolute Gasteiger partial charge is 0.317 e. The molecule has 0 saturated carbocycles. The SMILES string of the molecule is O=C1NCCCN1C1CCN(c2nccnc2C(F)F)CC1. The molecule has 22 heavy (non-hydrogen) atoms. The number of anilines is 1. The number of urea groups is 1. The summed E-state index contributed by atoms with van der Waals surface area (Å²) >= 11 is 0. The molecular formula is C14H19F2N5O. The number of carbonyl (C=O) groups is 1. The Bertz CT molecular complexity index is 534. The van der Waals surface area contributed by atoms with Crippen molar-refractivity contribution in [3.05, 3.63) is 18.1 Å². The zero-order chi connectivity index (χ0) is 15.5. The summed E-state index contributed by atoms with van der Waals surface area (Å²) in [5, 5.41) is 2.85. The third-order valence-electron chi connectivity index (χ3n) is 4.23. The summed E-state index contributed by atoms with van der Waals surface area (Å²) in [6.45, 7) is 2.70. The first-order chi connectivity index (χ1) is 10.7. The van der Waals surface area contributed by atoms with Gasteiger partial charge in [0.15, 0.2) is 5.82 Å². The van der Waals surface area contributed by atoms with Crippen LogP contribution in [0.25, 0.3) is 0 Å². The van der Waals surface area contributed by atoms with E-state index in [0.717, 1.165) is 32.4 Å². The van der Waals surface area contributed by atoms with Crippen molar-refractivity contribution < 1.29 is 13.6 Å². The first-order valence-corrected chi connectivity index (χ1v) is 7.55. The fourth-order valence-corrected chi connectivity index (χ4v) is 3.12. The van der Waals surface area contributed by atoms with Crippen molar-refractivity contribution >= 4 is 11.8 Å². The molecule has 2 saturated heterocycles. The summed E-state index contributed by atoms with van der Waals surface area (Å²) in [5.41, 5.74) is -0.267. The van der Waals surface area contributed by atoms with Crippen LogP contribution in [0.2, 0.25) is 0 Å². The molecule has 1 aromatic rings. The third kappa shape index (κ3) is 2.95. The van der Waals surface area contributed by atoms with E-state index in [4.69, 9.17) is 0 Å². The van der Waals surface area contributed by atoms with Crippen molar-refractivity contribution in [3.8, 4) is 0 Å². The molecule has 1 N–H and O–H groups in total. The highest BCUT2D eigenvalue weighted by atomic mass is 19.3. The second-order valence-corrected chi connectivity index (χ2v) is 5.56. The van der Waals surface area contributed by atoms with E-state index in [1.165, 1.54) is 12.4 Å². The van der Waals surface area contributed by atoms with Crippen molar-refractivity contribution in [2.75, 3.05) is 31.1 Å². The molecule has 0 aromatic carbocycles. The monoisotopic (exact) mass is 311 g/mol. The Morgan fingerprint density at radius 2 is 1.91 bits per heavy atom. The minimum atomic E-state index is -2.63. The highest BCUT2D eigenvalue weighted by molar-refractivity contribution is 5.75. The van der Waals surface area contributed by atoms with Gasteiger partial charge in [-0.05, 0) is 19.3 Å². The van der Waals surface area contributed by atoms with E-state index in [0.29, 0.717) is 13.1 Å². The van der Waals surface area contributed by atoms with Gasteiger partial charge in [-0.1, -0.05) is 0 Å². The van der Waals surface area contributed by atoms with Crippen molar-refractivity contribution in [3.63, 3.8) is 0 Å². The minimum Gasteiger partial charge on any atom is -0.355 e. The van der Waals surface area contributed by atoms with Crippen LogP contribution in [0.1, 0.15) is 31.4 Å². The Balaban J connectivity index is 1.66. The summed E-state index contributed by atoms with van der Waals surface area (Å²) in [7, 11) is 0. The normalized spacial score (nSPS) is 20.4. The van der Waals surface area contributed by atoms with E-state index >= 15 is 0 Å². The average molecular weight is 311 g/mol. The van der Waals surface area contributed by atoms with Gasteiger partial charge in [-0.15, -0.1) is 0 Å². The van der Waals surface area contributed by atoms with Gasteiger partial charge in [0.05, 0.1) is 0 Å². The lowest BCUT2D eigenvalue weighted by atomic mass is 10.0. The maximum atomic E-state index is 13.0. The van der Waals surface area contributed by atoms with Crippen LogP contribution in [0.5, 0.6) is 0 Å². The first kappa shape index (κ1) is 14.9. The van der Waals surface area contributed by atoms with Gasteiger partial charge in [0.25, 0.3) is 6.43 Å². The molecule has 0 atom stereocenters. The van der Waals surface area contributed by atoms with Crippen LogP contribution in [-0.4, -0.2) is 53.1 Å². The van der Waals surface area contributed by atoms with Crippen molar-refractivity contribution in [1.29, 1.82) is 0 Å². The second kappa shape index (κ2) is 6.41. The van der Waals surface area contributed by atoms with E-state index in [1.54, 1.807) is 0 Å². The van der Waals surface area contributed by atoms with Crippen LogP contribution in [-0.2, 0) is 0 Å². The fraction of sp³-hybridized carbons (Fsp3) is 0.643. The van der Waals surface area contributed by atoms with Gasteiger partial charge in [-0.3, -0.25) is 0 Å². The van der Waals surface area contributed by atoms with Gasteiger partial charge in [0.1, 0.15) is 5.69 Å². The Hall–Kier alpha value is -1.99. The molecule has 120 valence electrons. The summed E-state index contributed by atoms with van der Waals surface area (Å²) in [6.07, 6.45) is 2.56. The molecule has 0 bridgehead atoms. The molecule has 0 spiro atoms. The standard InChI is InChI=1S/C14H19F2N5O/c15-12(16)11-13(18-6-5-17-11)20-8-2-10(3-9-20)21-7-1-4-19-14(21)22/h5-6,10,12H,1-4,7-9H2,(H,19,22). The molecular weight excluding hydrogens is 292 g/mol. The molecule has 0 radical (unpaired) electrons. The van der Waals surface area contributed by atoms with Crippen molar-refractivity contribution in [1.82, 2.24) is 20.2 Å². The van der Waals surface area contributed by atoms with E-state index in [9.17, 15) is 13.6 Å². The number of hydrogen-bond acceptors (Lipinski definition) is 4. The molecule has 0 aliphatic carbocycles. The van der Waals surface area contributed by atoms with E-state index in [1.807, 2.05) is 9.80 Å². The topological polar surface area (TPSA) is 61.4 Å². The van der Waals surface area contributed by atoms with E-state index < -0.39 is 6.43 Å². The van der Waals surface area contributed by atoms with E-state index in [2.05, 4.69) is 15.3 Å². The average Bonchev–Trinajstić information content (AvgIpc) is 2.55. The highest BCUT2D eigenvalue weighted by Gasteiger charge is 2.31. The highest BCUT2D eigenvalue weighted by Crippen LogP contribution is 2.28. The molecule has 2 aliphatic rings. The molecule has 2 aliphatic heterocycles. The molecule has 2 fully saturated rings. The lowest BCUT2D eigenvalue weighted by molar-refractivity contribution is 0.144. The van der Waals surface area contributed by atoms with Crippen LogP contribution in [0.3, 0.4) is 0 Å². The van der Waals surface area contributed by atoms with Crippen LogP contribution in [0.15, 0.2) is 12.4 Å². The van der Waals surface area contributed by atoms with Crippen LogP contribution in [0.4, 0.5) is 19.4 Å². The summed E-state index contributed by atoms with van der Waals surface area (Å²) in [5.74, 6) is 0.263. The number of rotatable bonds is 3. The number of carbonyl (C=O) groups excluding carboxylic acids is 1. The predicted molar refractivity (Wildman–Crippen MR) is 76.9 cm³/mol. The maximum Gasteiger partial charge on any atom is 0.317 e. The van der Waals surface area contributed by atoms with Gasteiger partial charge in [-0.25, -0.2) is 23.5 Å². The van der Waals surface area contributed by atoms with Crippen molar-refractivity contribution in [2.24, 2.45) is 0 Å². The number of nitrogens with one attached hydrogen (secondary N) is 1. The first-order valence-electron chi connectivity index (χ1n) is 7.55. The number of aromatic nitrogens is 2. The van der Waals surface area contributed by atoms with Crippen molar-refractivity contribution in [2.45, 2.75) is 31.7 Å². The van der Waals surface area contributed by atoms with Crippen LogP contribution >= 0.6 is 0 Å². The zero-order valence-corrected chi connectivity index (χ0v) is 12.2. The van der Waals surface area contributed by atoms with Crippen LogP contribution < -0.4 is 10.2 Å². The number of amides is 2. The lowest BCUT2D eigenvalue weighted by Gasteiger charge is -2.40. The number of hydrogen-bond donors (Lipinski definition) is 1. The largest absolute Gasteiger partial charge is 0.355 e. The zero-order valence-electron chi connectivity index (χ0n) is 12.2. The van der Waals surface area contributed by atoms with Gasteiger partial charge in [0, 0.05) is 44.6 Å². The Labute approximate surface area is 127 Å².